The minimum Gasteiger partial charge on any atom is -0.497 e. The van der Waals surface area contributed by atoms with Gasteiger partial charge in [0.2, 0.25) is 0 Å². The summed E-state index contributed by atoms with van der Waals surface area (Å²) in [4.78, 5) is 11.4. The Morgan fingerprint density at radius 3 is 2.78 bits per heavy atom. The standard InChI is InChI=1S/C14H18O4/c1-3-7-17-14-12(15)9-13(14)18-11-6-4-5-10(8-11)16-2/h4-6,8,13-14H,3,7,9H2,1-2H3. The summed E-state index contributed by atoms with van der Waals surface area (Å²) in [5.74, 6) is 1.57. The highest BCUT2D eigenvalue weighted by atomic mass is 16.5. The minimum atomic E-state index is -0.406. The van der Waals surface area contributed by atoms with Crippen molar-refractivity contribution < 1.29 is 19.0 Å². The van der Waals surface area contributed by atoms with Crippen LogP contribution in [0.1, 0.15) is 19.8 Å². The second kappa shape index (κ2) is 5.87. The molecule has 0 N–H and O–H groups in total. The molecule has 4 heteroatoms. The van der Waals surface area contributed by atoms with E-state index in [-0.39, 0.29) is 11.9 Å². The molecule has 1 aliphatic carbocycles. The first kappa shape index (κ1) is 12.9. The van der Waals surface area contributed by atoms with Gasteiger partial charge in [-0.1, -0.05) is 13.0 Å². The number of carbonyl (C=O) groups is 1. The van der Waals surface area contributed by atoms with Crippen molar-refractivity contribution in [2.75, 3.05) is 13.7 Å². The SMILES string of the molecule is CCCOC1C(=O)CC1Oc1cccc(OC)c1. The lowest BCUT2D eigenvalue weighted by atomic mass is 9.90. The number of hydrogen-bond acceptors (Lipinski definition) is 4. The first-order valence-electron chi connectivity index (χ1n) is 6.19. The van der Waals surface area contributed by atoms with Crippen molar-refractivity contribution in [3.8, 4) is 11.5 Å². The zero-order valence-corrected chi connectivity index (χ0v) is 10.7. The van der Waals surface area contributed by atoms with Crippen molar-refractivity contribution in [2.24, 2.45) is 0 Å². The molecular formula is C14H18O4. The van der Waals surface area contributed by atoms with Gasteiger partial charge < -0.3 is 14.2 Å². The van der Waals surface area contributed by atoms with E-state index in [1.807, 2.05) is 25.1 Å². The molecule has 18 heavy (non-hydrogen) atoms. The Morgan fingerprint density at radius 2 is 2.11 bits per heavy atom. The molecule has 0 aromatic heterocycles. The maximum absolute atomic E-state index is 11.4. The quantitative estimate of drug-likeness (QED) is 0.776. The van der Waals surface area contributed by atoms with Gasteiger partial charge in [-0.25, -0.2) is 0 Å². The van der Waals surface area contributed by atoms with E-state index in [9.17, 15) is 4.79 Å². The number of rotatable bonds is 6. The molecule has 0 radical (unpaired) electrons. The van der Waals surface area contributed by atoms with Gasteiger partial charge in [-0.05, 0) is 18.6 Å². The van der Waals surface area contributed by atoms with Gasteiger partial charge in [0.15, 0.2) is 11.9 Å². The van der Waals surface area contributed by atoms with Crippen LogP contribution in [-0.2, 0) is 9.53 Å². The van der Waals surface area contributed by atoms with Crippen LogP contribution in [0.2, 0.25) is 0 Å². The van der Waals surface area contributed by atoms with Crippen molar-refractivity contribution in [3.05, 3.63) is 24.3 Å². The number of benzene rings is 1. The summed E-state index contributed by atoms with van der Waals surface area (Å²) in [6.07, 6.45) is 0.744. The Hall–Kier alpha value is -1.55. The highest BCUT2D eigenvalue weighted by molar-refractivity contribution is 5.90. The molecule has 1 saturated carbocycles. The van der Waals surface area contributed by atoms with Crippen LogP contribution in [0.5, 0.6) is 11.5 Å². The predicted octanol–water partition coefficient (Wildman–Crippen LogP) is 2.21. The van der Waals surface area contributed by atoms with Crippen LogP contribution >= 0.6 is 0 Å². The van der Waals surface area contributed by atoms with Gasteiger partial charge in [0.1, 0.15) is 17.6 Å². The van der Waals surface area contributed by atoms with Crippen molar-refractivity contribution in [3.63, 3.8) is 0 Å². The van der Waals surface area contributed by atoms with Gasteiger partial charge >= 0.3 is 0 Å². The molecule has 1 aromatic rings. The monoisotopic (exact) mass is 250 g/mol. The fourth-order valence-corrected chi connectivity index (χ4v) is 1.87. The van der Waals surface area contributed by atoms with Crippen molar-refractivity contribution in [1.29, 1.82) is 0 Å². The summed E-state index contributed by atoms with van der Waals surface area (Å²) in [6.45, 7) is 2.61. The average Bonchev–Trinajstić information content (AvgIpc) is 2.39. The molecule has 0 saturated heterocycles. The first-order chi connectivity index (χ1) is 8.74. The second-order valence-electron chi connectivity index (χ2n) is 4.30. The molecule has 2 atom stereocenters. The Balaban J connectivity index is 1.94. The number of ether oxygens (including phenoxy) is 3. The predicted molar refractivity (Wildman–Crippen MR) is 67.1 cm³/mol. The number of methoxy groups -OCH3 is 1. The Bertz CT molecular complexity index is 416. The summed E-state index contributed by atoms with van der Waals surface area (Å²) in [7, 11) is 1.61. The number of carbonyl (C=O) groups excluding carboxylic acids is 1. The second-order valence-corrected chi connectivity index (χ2v) is 4.30. The minimum absolute atomic E-state index is 0.122. The van der Waals surface area contributed by atoms with Crippen LogP contribution < -0.4 is 9.47 Å². The zero-order chi connectivity index (χ0) is 13.0. The van der Waals surface area contributed by atoms with Crippen LogP contribution in [0.4, 0.5) is 0 Å². The molecule has 4 nitrogen and oxygen atoms in total. The molecule has 1 aromatic carbocycles. The largest absolute Gasteiger partial charge is 0.497 e. The fraction of sp³-hybridized carbons (Fsp3) is 0.500. The van der Waals surface area contributed by atoms with E-state index in [1.165, 1.54) is 0 Å². The third-order valence-corrected chi connectivity index (χ3v) is 2.89. The molecule has 0 amide bonds. The molecular weight excluding hydrogens is 232 g/mol. The molecule has 1 fully saturated rings. The number of Topliss-reactive ketones (excluding diaryl/α,β-unsaturated/α-hetero) is 1. The normalized spacial score (nSPS) is 22.4. The highest BCUT2D eigenvalue weighted by Crippen LogP contribution is 2.27. The van der Waals surface area contributed by atoms with Gasteiger partial charge in [0.05, 0.1) is 7.11 Å². The molecule has 0 aliphatic heterocycles. The molecule has 2 unspecified atom stereocenters. The van der Waals surface area contributed by atoms with E-state index in [1.54, 1.807) is 13.2 Å². The van der Waals surface area contributed by atoms with E-state index < -0.39 is 6.10 Å². The summed E-state index contributed by atoms with van der Waals surface area (Å²) in [5.41, 5.74) is 0. The smallest absolute Gasteiger partial charge is 0.169 e. The number of ketones is 1. The summed E-state index contributed by atoms with van der Waals surface area (Å²) in [5, 5.41) is 0. The van der Waals surface area contributed by atoms with Crippen LogP contribution in [0.15, 0.2) is 24.3 Å². The van der Waals surface area contributed by atoms with E-state index >= 15 is 0 Å². The lowest BCUT2D eigenvalue weighted by Gasteiger charge is -2.34. The van der Waals surface area contributed by atoms with E-state index in [4.69, 9.17) is 14.2 Å². The van der Waals surface area contributed by atoms with Gasteiger partial charge in [-0.15, -0.1) is 0 Å². The van der Waals surface area contributed by atoms with Gasteiger partial charge in [-0.3, -0.25) is 4.79 Å². The Labute approximate surface area is 107 Å². The zero-order valence-electron chi connectivity index (χ0n) is 10.7. The molecule has 0 bridgehead atoms. The number of hydrogen-bond donors (Lipinski definition) is 0. The topological polar surface area (TPSA) is 44.8 Å². The van der Waals surface area contributed by atoms with Crippen LogP contribution in [0, 0.1) is 0 Å². The molecule has 98 valence electrons. The molecule has 0 heterocycles. The van der Waals surface area contributed by atoms with Gasteiger partial charge in [-0.2, -0.15) is 0 Å². The fourth-order valence-electron chi connectivity index (χ4n) is 1.87. The molecule has 1 aliphatic rings. The van der Waals surface area contributed by atoms with E-state index in [0.717, 1.165) is 12.2 Å². The highest BCUT2D eigenvalue weighted by Gasteiger charge is 2.42. The van der Waals surface area contributed by atoms with Gasteiger partial charge in [0, 0.05) is 19.1 Å². The van der Waals surface area contributed by atoms with Crippen LogP contribution in [0.3, 0.4) is 0 Å². The summed E-state index contributed by atoms with van der Waals surface area (Å²) in [6, 6.07) is 7.36. The van der Waals surface area contributed by atoms with Crippen molar-refractivity contribution in [1.82, 2.24) is 0 Å². The summed E-state index contributed by atoms with van der Waals surface area (Å²) < 4.78 is 16.3. The Morgan fingerprint density at radius 1 is 1.33 bits per heavy atom. The van der Waals surface area contributed by atoms with Crippen molar-refractivity contribution in [2.45, 2.75) is 32.0 Å². The summed E-state index contributed by atoms with van der Waals surface area (Å²) >= 11 is 0. The molecule has 0 spiro atoms. The molecule has 2 rings (SSSR count). The van der Waals surface area contributed by atoms with Gasteiger partial charge in [0.25, 0.3) is 0 Å². The Kier molecular flexibility index (Phi) is 4.20. The van der Waals surface area contributed by atoms with E-state index in [0.29, 0.717) is 18.8 Å². The lowest BCUT2D eigenvalue weighted by Crippen LogP contribution is -2.52. The lowest BCUT2D eigenvalue weighted by molar-refractivity contribution is -0.154. The van der Waals surface area contributed by atoms with Crippen molar-refractivity contribution >= 4 is 5.78 Å². The maximum atomic E-state index is 11.4. The van der Waals surface area contributed by atoms with E-state index in [2.05, 4.69) is 0 Å². The average molecular weight is 250 g/mol. The third kappa shape index (κ3) is 2.82. The first-order valence-corrected chi connectivity index (χ1v) is 6.19. The van der Waals surface area contributed by atoms with Crippen LogP contribution in [0.25, 0.3) is 0 Å². The maximum Gasteiger partial charge on any atom is 0.169 e. The van der Waals surface area contributed by atoms with Crippen LogP contribution in [-0.4, -0.2) is 31.7 Å². The third-order valence-electron chi connectivity index (χ3n) is 2.89.